The van der Waals surface area contributed by atoms with Gasteiger partial charge in [-0.05, 0) is 43.2 Å². The average molecular weight is 496 g/mol. The Kier molecular flexibility index (Phi) is 8.64. The lowest BCUT2D eigenvalue weighted by Gasteiger charge is -2.21. The molecule has 0 radical (unpaired) electrons. The molecule has 3 aromatic rings. The lowest BCUT2D eigenvalue weighted by Crippen LogP contribution is -2.33. The largest absolute Gasteiger partial charge is 0.465 e. The Hall–Kier alpha value is -3.66. The molecule has 2 amide bonds. The highest BCUT2D eigenvalue weighted by atomic mass is 32.2. The molecule has 3 rings (SSSR count). The molecule has 0 aliphatic heterocycles. The van der Waals surface area contributed by atoms with E-state index in [1.165, 1.54) is 18.9 Å². The van der Waals surface area contributed by atoms with Crippen LogP contribution in [0.1, 0.15) is 52.0 Å². The van der Waals surface area contributed by atoms with Crippen LogP contribution in [0.15, 0.2) is 53.7 Å². The molecule has 1 aromatic heterocycles. The molecule has 0 saturated carbocycles. The molecule has 0 unspecified atom stereocenters. The zero-order valence-electron chi connectivity index (χ0n) is 20.4. The lowest BCUT2D eigenvalue weighted by atomic mass is 10.0. The van der Waals surface area contributed by atoms with Gasteiger partial charge in [0.2, 0.25) is 5.91 Å². The van der Waals surface area contributed by atoms with Crippen LogP contribution in [-0.4, -0.2) is 45.4 Å². The van der Waals surface area contributed by atoms with E-state index in [2.05, 4.69) is 20.8 Å². The van der Waals surface area contributed by atoms with Gasteiger partial charge in [-0.15, -0.1) is 10.2 Å². The summed E-state index contributed by atoms with van der Waals surface area (Å²) in [6.07, 6.45) is 0. The first-order valence-electron chi connectivity index (χ1n) is 11.1. The number of anilines is 1. The number of carbonyl (C=O) groups excluding carboxylic acids is 3. The summed E-state index contributed by atoms with van der Waals surface area (Å²) < 4.78 is 6.50. The third-order valence-electron chi connectivity index (χ3n) is 5.28. The Morgan fingerprint density at radius 2 is 1.77 bits per heavy atom. The first-order valence-corrected chi connectivity index (χ1v) is 12.1. The van der Waals surface area contributed by atoms with E-state index in [0.29, 0.717) is 27.8 Å². The molecule has 10 heteroatoms. The molecule has 0 spiro atoms. The van der Waals surface area contributed by atoms with Crippen LogP contribution in [0.4, 0.5) is 5.69 Å². The number of thioether (sulfide) groups is 1. The molecule has 0 aliphatic carbocycles. The Bertz CT molecular complexity index is 1220. The maximum absolute atomic E-state index is 12.8. The van der Waals surface area contributed by atoms with E-state index in [1.54, 1.807) is 34.9 Å². The second-order valence-corrected chi connectivity index (χ2v) is 9.32. The summed E-state index contributed by atoms with van der Waals surface area (Å²) >= 11 is 1.23. The monoisotopic (exact) mass is 495 g/mol. The zero-order chi connectivity index (χ0) is 25.5. The number of ether oxygens (including phenoxy) is 1. The average Bonchev–Trinajstić information content (AvgIpc) is 3.20. The first-order chi connectivity index (χ1) is 16.7. The van der Waals surface area contributed by atoms with Crippen LogP contribution in [0.2, 0.25) is 0 Å². The van der Waals surface area contributed by atoms with Gasteiger partial charge in [-0.2, -0.15) is 0 Å². The number of rotatable bonds is 9. The van der Waals surface area contributed by atoms with Gasteiger partial charge in [0, 0.05) is 18.3 Å². The van der Waals surface area contributed by atoms with Gasteiger partial charge in [0.05, 0.1) is 24.5 Å². The van der Waals surface area contributed by atoms with Gasteiger partial charge >= 0.3 is 5.97 Å². The van der Waals surface area contributed by atoms with Gasteiger partial charge in [0.25, 0.3) is 5.91 Å². The Balaban J connectivity index is 1.65. The van der Waals surface area contributed by atoms with Crippen LogP contribution in [0.25, 0.3) is 0 Å². The number of aromatic nitrogens is 3. The third kappa shape index (κ3) is 6.69. The number of carbonyl (C=O) groups is 3. The summed E-state index contributed by atoms with van der Waals surface area (Å²) in [7, 11) is 3.11. The van der Waals surface area contributed by atoms with Gasteiger partial charge in [-0.3, -0.25) is 9.59 Å². The van der Waals surface area contributed by atoms with Crippen LogP contribution in [0.5, 0.6) is 0 Å². The molecular formula is C25H29N5O4S. The van der Waals surface area contributed by atoms with Crippen molar-refractivity contribution in [1.82, 2.24) is 20.1 Å². The number of hydrogen-bond donors (Lipinski definition) is 2. The number of hydrogen-bond acceptors (Lipinski definition) is 7. The van der Waals surface area contributed by atoms with Crippen LogP contribution in [0, 0.1) is 12.8 Å². The number of amides is 2. The fraction of sp³-hybridized carbons (Fsp3) is 0.320. The first kappa shape index (κ1) is 26.0. The van der Waals surface area contributed by atoms with Crippen molar-refractivity contribution in [2.45, 2.75) is 32.0 Å². The van der Waals surface area contributed by atoms with Crippen LogP contribution < -0.4 is 10.6 Å². The molecule has 0 bridgehead atoms. The SMILES string of the molecule is COC(=O)c1cccc(NC(=O)CSc2nnc([C@@H](NC(=O)c3cccc(C)c3)C(C)C)n2C)c1. The topological polar surface area (TPSA) is 115 Å². The van der Waals surface area contributed by atoms with Crippen molar-refractivity contribution in [1.29, 1.82) is 0 Å². The standard InChI is InChI=1S/C25H29N5O4S/c1-15(2)21(27-23(32)17-9-6-8-16(3)12-17)22-28-29-25(30(22)4)35-14-20(31)26-19-11-7-10-18(13-19)24(33)34-5/h6-13,15,21H,14H2,1-5H3,(H,26,31)(H,27,32)/t21-/m0/s1. The number of nitrogens with zero attached hydrogens (tertiary/aromatic N) is 3. The molecule has 0 fully saturated rings. The fourth-order valence-corrected chi connectivity index (χ4v) is 4.15. The highest BCUT2D eigenvalue weighted by Crippen LogP contribution is 2.25. The zero-order valence-corrected chi connectivity index (χ0v) is 21.2. The predicted octanol–water partition coefficient (Wildman–Crippen LogP) is 3.77. The van der Waals surface area contributed by atoms with E-state index in [-0.39, 0.29) is 29.5 Å². The highest BCUT2D eigenvalue weighted by molar-refractivity contribution is 7.99. The maximum Gasteiger partial charge on any atom is 0.337 e. The van der Waals surface area contributed by atoms with E-state index in [4.69, 9.17) is 4.74 Å². The predicted molar refractivity (Wildman–Crippen MR) is 134 cm³/mol. The number of esters is 1. The van der Waals surface area contributed by atoms with Gasteiger partial charge in [0.15, 0.2) is 11.0 Å². The van der Waals surface area contributed by atoms with Crippen molar-refractivity contribution < 1.29 is 19.1 Å². The van der Waals surface area contributed by atoms with Gasteiger partial charge in [-0.1, -0.05) is 49.4 Å². The third-order valence-corrected chi connectivity index (χ3v) is 6.30. The van der Waals surface area contributed by atoms with Gasteiger partial charge in [0.1, 0.15) is 0 Å². The molecule has 0 saturated heterocycles. The van der Waals surface area contributed by atoms with Crippen LogP contribution in [0.3, 0.4) is 0 Å². The Morgan fingerprint density at radius 3 is 2.46 bits per heavy atom. The van der Waals surface area contributed by atoms with E-state index in [1.807, 2.05) is 46.0 Å². The number of nitrogens with one attached hydrogen (secondary N) is 2. The summed E-state index contributed by atoms with van der Waals surface area (Å²) in [6, 6.07) is 13.6. The van der Waals surface area contributed by atoms with Crippen LogP contribution in [-0.2, 0) is 16.6 Å². The normalized spacial score (nSPS) is 11.7. The van der Waals surface area contributed by atoms with Crippen LogP contribution >= 0.6 is 11.8 Å². The second kappa shape index (κ2) is 11.7. The van der Waals surface area contributed by atoms with Crippen molar-refractivity contribution >= 4 is 35.2 Å². The molecular weight excluding hydrogens is 466 g/mol. The summed E-state index contributed by atoms with van der Waals surface area (Å²) in [5.41, 5.74) is 2.44. The second-order valence-electron chi connectivity index (χ2n) is 8.37. The van der Waals surface area contributed by atoms with Crippen molar-refractivity contribution in [3.8, 4) is 0 Å². The maximum atomic E-state index is 12.8. The minimum absolute atomic E-state index is 0.0647. The quantitative estimate of drug-likeness (QED) is 0.343. The molecule has 2 aromatic carbocycles. The molecule has 2 N–H and O–H groups in total. The summed E-state index contributed by atoms with van der Waals surface area (Å²) in [5, 5.41) is 14.9. The number of aryl methyl sites for hydroxylation is 1. The molecule has 1 heterocycles. The molecule has 9 nitrogen and oxygen atoms in total. The van der Waals surface area contributed by atoms with E-state index in [0.717, 1.165) is 5.56 Å². The summed E-state index contributed by atoms with van der Waals surface area (Å²) in [5.74, 6) is -0.148. The minimum Gasteiger partial charge on any atom is -0.465 e. The van der Waals surface area contributed by atoms with Gasteiger partial charge < -0.3 is 19.9 Å². The number of benzene rings is 2. The minimum atomic E-state index is -0.476. The Labute approximate surface area is 208 Å². The molecule has 184 valence electrons. The molecule has 35 heavy (non-hydrogen) atoms. The molecule has 0 aliphatic rings. The van der Waals surface area contributed by atoms with Gasteiger partial charge in [-0.25, -0.2) is 4.79 Å². The smallest absolute Gasteiger partial charge is 0.337 e. The van der Waals surface area contributed by atoms with E-state index in [9.17, 15) is 14.4 Å². The van der Waals surface area contributed by atoms with E-state index < -0.39 is 5.97 Å². The van der Waals surface area contributed by atoms with Crippen molar-refractivity contribution in [3.63, 3.8) is 0 Å². The molecule has 1 atom stereocenters. The number of methoxy groups -OCH3 is 1. The fourth-order valence-electron chi connectivity index (χ4n) is 3.43. The summed E-state index contributed by atoms with van der Waals surface area (Å²) in [4.78, 5) is 37.0. The Morgan fingerprint density at radius 1 is 1.06 bits per heavy atom. The van der Waals surface area contributed by atoms with Crippen molar-refractivity contribution in [2.75, 3.05) is 18.2 Å². The lowest BCUT2D eigenvalue weighted by molar-refractivity contribution is -0.113. The highest BCUT2D eigenvalue weighted by Gasteiger charge is 2.25. The van der Waals surface area contributed by atoms with Crippen molar-refractivity contribution in [2.24, 2.45) is 13.0 Å². The van der Waals surface area contributed by atoms with E-state index >= 15 is 0 Å². The summed E-state index contributed by atoms with van der Waals surface area (Å²) in [6.45, 7) is 5.94. The van der Waals surface area contributed by atoms with Crippen molar-refractivity contribution in [3.05, 3.63) is 71.0 Å².